The third kappa shape index (κ3) is 2.98. The summed E-state index contributed by atoms with van der Waals surface area (Å²) in [6, 6.07) is 5.24. The summed E-state index contributed by atoms with van der Waals surface area (Å²) in [5.41, 5.74) is 7.31. The first-order chi connectivity index (χ1) is 6.24. The van der Waals surface area contributed by atoms with Gasteiger partial charge < -0.3 is 10.8 Å². The number of benzene rings is 1. The van der Waals surface area contributed by atoms with Gasteiger partial charge in [0.15, 0.2) is 0 Å². The second kappa shape index (κ2) is 4.75. The average molecular weight is 179 g/mol. The Morgan fingerprint density at radius 1 is 1.31 bits per heavy atom. The molecular formula is C11H17NO. The van der Waals surface area contributed by atoms with Crippen molar-refractivity contribution in [2.24, 2.45) is 0 Å². The third-order valence-electron chi connectivity index (χ3n) is 2.15. The third-order valence-corrected chi connectivity index (χ3v) is 2.15. The van der Waals surface area contributed by atoms with Gasteiger partial charge in [0, 0.05) is 5.69 Å². The molecule has 1 aromatic carbocycles. The van der Waals surface area contributed by atoms with Crippen LogP contribution in [0.15, 0.2) is 18.2 Å². The topological polar surface area (TPSA) is 46.2 Å². The molecule has 13 heavy (non-hydrogen) atoms. The van der Waals surface area contributed by atoms with E-state index in [0.29, 0.717) is 5.75 Å². The monoisotopic (exact) mass is 179 g/mol. The standard InChI is InChI=1S/C11H17NO/c1-2-3-4-5-9-8-10(12)6-7-11(9)13/h6-8,13H,2-5,12H2,1H3. The van der Waals surface area contributed by atoms with E-state index in [4.69, 9.17) is 5.73 Å². The highest BCUT2D eigenvalue weighted by atomic mass is 16.3. The van der Waals surface area contributed by atoms with Crippen LogP contribution in [0.2, 0.25) is 0 Å². The lowest BCUT2D eigenvalue weighted by atomic mass is 10.1. The number of aryl methyl sites for hydroxylation is 1. The second-order valence-corrected chi connectivity index (χ2v) is 3.35. The highest BCUT2D eigenvalue weighted by Crippen LogP contribution is 2.21. The van der Waals surface area contributed by atoms with Crippen LogP contribution in [-0.2, 0) is 6.42 Å². The molecule has 0 aliphatic rings. The summed E-state index contributed by atoms with van der Waals surface area (Å²) in [5, 5.41) is 9.48. The Balaban J connectivity index is 2.59. The van der Waals surface area contributed by atoms with Gasteiger partial charge >= 0.3 is 0 Å². The fraction of sp³-hybridized carbons (Fsp3) is 0.455. The van der Waals surface area contributed by atoms with Crippen molar-refractivity contribution in [3.8, 4) is 5.75 Å². The number of phenols is 1. The van der Waals surface area contributed by atoms with Crippen molar-refractivity contribution in [3.05, 3.63) is 23.8 Å². The van der Waals surface area contributed by atoms with E-state index < -0.39 is 0 Å². The number of hydrogen-bond acceptors (Lipinski definition) is 2. The first-order valence-electron chi connectivity index (χ1n) is 4.81. The van der Waals surface area contributed by atoms with E-state index in [2.05, 4.69) is 6.92 Å². The number of anilines is 1. The first-order valence-corrected chi connectivity index (χ1v) is 4.81. The van der Waals surface area contributed by atoms with Gasteiger partial charge in [-0.3, -0.25) is 0 Å². The van der Waals surface area contributed by atoms with Crippen LogP contribution in [0.3, 0.4) is 0 Å². The molecule has 0 spiro atoms. The van der Waals surface area contributed by atoms with Gasteiger partial charge in [-0.1, -0.05) is 19.8 Å². The molecular weight excluding hydrogens is 162 g/mol. The Hall–Kier alpha value is -1.18. The lowest BCUT2D eigenvalue weighted by Gasteiger charge is -2.04. The minimum absolute atomic E-state index is 0.366. The molecule has 0 aliphatic carbocycles. The Kier molecular flexibility index (Phi) is 3.62. The van der Waals surface area contributed by atoms with Crippen LogP contribution in [0.4, 0.5) is 5.69 Å². The van der Waals surface area contributed by atoms with Gasteiger partial charge in [0.1, 0.15) is 5.75 Å². The molecule has 72 valence electrons. The normalized spacial score (nSPS) is 10.2. The molecule has 1 rings (SSSR count). The molecule has 0 saturated carbocycles. The van der Waals surface area contributed by atoms with Gasteiger partial charge in [0.2, 0.25) is 0 Å². The molecule has 0 unspecified atom stereocenters. The van der Waals surface area contributed by atoms with Crippen LogP contribution in [0.1, 0.15) is 31.7 Å². The summed E-state index contributed by atoms with van der Waals surface area (Å²) in [6.45, 7) is 2.17. The lowest BCUT2D eigenvalue weighted by Crippen LogP contribution is -1.90. The van der Waals surface area contributed by atoms with Crippen LogP contribution < -0.4 is 5.73 Å². The molecule has 0 saturated heterocycles. The quantitative estimate of drug-likeness (QED) is 0.424. The molecule has 2 heteroatoms. The van der Waals surface area contributed by atoms with Gasteiger partial charge in [0.05, 0.1) is 0 Å². The number of aromatic hydroxyl groups is 1. The Morgan fingerprint density at radius 3 is 2.77 bits per heavy atom. The van der Waals surface area contributed by atoms with E-state index in [1.165, 1.54) is 12.8 Å². The van der Waals surface area contributed by atoms with Gasteiger partial charge in [-0.25, -0.2) is 0 Å². The highest BCUT2D eigenvalue weighted by molar-refractivity contribution is 5.47. The van der Waals surface area contributed by atoms with E-state index in [1.54, 1.807) is 12.1 Å². The molecule has 3 N–H and O–H groups in total. The van der Waals surface area contributed by atoms with Crippen LogP contribution in [0.5, 0.6) is 5.75 Å². The van der Waals surface area contributed by atoms with E-state index >= 15 is 0 Å². The fourth-order valence-electron chi connectivity index (χ4n) is 1.37. The van der Waals surface area contributed by atoms with Crippen LogP contribution in [0.25, 0.3) is 0 Å². The zero-order valence-electron chi connectivity index (χ0n) is 8.09. The Morgan fingerprint density at radius 2 is 2.08 bits per heavy atom. The van der Waals surface area contributed by atoms with Gasteiger partial charge in [-0.2, -0.15) is 0 Å². The number of nitrogen functional groups attached to an aromatic ring is 1. The van der Waals surface area contributed by atoms with Crippen molar-refractivity contribution in [3.63, 3.8) is 0 Å². The molecule has 0 bridgehead atoms. The zero-order chi connectivity index (χ0) is 9.68. The number of phenolic OH excluding ortho intramolecular Hbond substituents is 1. The maximum Gasteiger partial charge on any atom is 0.118 e. The SMILES string of the molecule is CCCCCc1cc(N)ccc1O. The van der Waals surface area contributed by atoms with Gasteiger partial charge in [0.25, 0.3) is 0 Å². The zero-order valence-corrected chi connectivity index (χ0v) is 8.09. The van der Waals surface area contributed by atoms with E-state index in [1.807, 2.05) is 6.07 Å². The number of nitrogens with two attached hydrogens (primary N) is 1. The van der Waals surface area contributed by atoms with Crippen molar-refractivity contribution in [2.45, 2.75) is 32.6 Å². The minimum atomic E-state index is 0.366. The maximum absolute atomic E-state index is 9.48. The van der Waals surface area contributed by atoms with Crippen molar-refractivity contribution in [2.75, 3.05) is 5.73 Å². The summed E-state index contributed by atoms with van der Waals surface area (Å²) < 4.78 is 0. The van der Waals surface area contributed by atoms with Crippen LogP contribution >= 0.6 is 0 Å². The minimum Gasteiger partial charge on any atom is -0.508 e. The number of hydrogen-bond donors (Lipinski definition) is 2. The molecule has 0 heterocycles. The summed E-state index contributed by atoms with van der Waals surface area (Å²) >= 11 is 0. The summed E-state index contributed by atoms with van der Waals surface area (Å²) in [4.78, 5) is 0. The largest absolute Gasteiger partial charge is 0.508 e. The Bertz CT molecular complexity index is 271. The molecule has 0 aromatic heterocycles. The van der Waals surface area contributed by atoms with E-state index in [0.717, 1.165) is 24.1 Å². The molecule has 0 amide bonds. The molecule has 1 aromatic rings. The summed E-state index contributed by atoms with van der Waals surface area (Å²) in [5.74, 6) is 0.366. The molecule has 0 radical (unpaired) electrons. The van der Waals surface area contributed by atoms with Crippen molar-refractivity contribution >= 4 is 5.69 Å². The smallest absolute Gasteiger partial charge is 0.118 e. The second-order valence-electron chi connectivity index (χ2n) is 3.35. The molecule has 0 aliphatic heterocycles. The molecule has 2 nitrogen and oxygen atoms in total. The molecule has 0 fully saturated rings. The maximum atomic E-state index is 9.48. The summed E-state index contributed by atoms with van der Waals surface area (Å²) in [6.07, 6.45) is 4.44. The predicted octanol–water partition coefficient (Wildman–Crippen LogP) is 2.71. The van der Waals surface area contributed by atoms with Crippen LogP contribution in [0, 0.1) is 0 Å². The van der Waals surface area contributed by atoms with E-state index in [-0.39, 0.29) is 0 Å². The average Bonchev–Trinajstić information content (AvgIpc) is 2.11. The van der Waals surface area contributed by atoms with Crippen LogP contribution in [-0.4, -0.2) is 5.11 Å². The first kappa shape index (κ1) is 9.90. The number of unbranched alkanes of at least 4 members (excludes halogenated alkanes) is 2. The predicted molar refractivity (Wildman–Crippen MR) is 55.7 cm³/mol. The lowest BCUT2D eigenvalue weighted by molar-refractivity contribution is 0.466. The Labute approximate surface area is 79.4 Å². The van der Waals surface area contributed by atoms with Crippen molar-refractivity contribution < 1.29 is 5.11 Å². The van der Waals surface area contributed by atoms with E-state index in [9.17, 15) is 5.11 Å². The van der Waals surface area contributed by atoms with Gasteiger partial charge in [-0.15, -0.1) is 0 Å². The number of rotatable bonds is 4. The van der Waals surface area contributed by atoms with Gasteiger partial charge in [-0.05, 0) is 36.6 Å². The van der Waals surface area contributed by atoms with Crippen molar-refractivity contribution in [1.29, 1.82) is 0 Å². The molecule has 0 atom stereocenters. The highest BCUT2D eigenvalue weighted by Gasteiger charge is 2.00. The van der Waals surface area contributed by atoms with Crippen molar-refractivity contribution in [1.82, 2.24) is 0 Å². The summed E-state index contributed by atoms with van der Waals surface area (Å²) in [7, 11) is 0. The fourth-order valence-corrected chi connectivity index (χ4v) is 1.37.